The predicted octanol–water partition coefficient (Wildman–Crippen LogP) is 4.42. The smallest absolute Gasteiger partial charge is 0.312 e. The zero-order chi connectivity index (χ0) is 15.2. The molecule has 1 aliphatic rings. The van der Waals surface area contributed by atoms with E-state index in [9.17, 15) is 9.90 Å². The fourth-order valence-electron chi connectivity index (χ4n) is 2.98. The van der Waals surface area contributed by atoms with Gasteiger partial charge in [-0.2, -0.15) is 0 Å². The molecular formula is C16H26N2O2S. The summed E-state index contributed by atoms with van der Waals surface area (Å²) in [5.74, 6) is -1.13. The molecule has 0 radical (unpaired) electrons. The summed E-state index contributed by atoms with van der Waals surface area (Å²) in [6, 6.07) is 0.464. The van der Waals surface area contributed by atoms with Crippen molar-refractivity contribution in [3.8, 4) is 0 Å². The summed E-state index contributed by atoms with van der Waals surface area (Å²) in [6.07, 6.45) is 8.55. The molecule has 1 aromatic rings. The number of carbonyl (C=O) groups is 1. The molecule has 2 N–H and O–H groups in total. The molecule has 0 aromatic carbocycles. The Kier molecular flexibility index (Phi) is 6.03. The Morgan fingerprint density at radius 2 is 2.24 bits per heavy atom. The van der Waals surface area contributed by atoms with E-state index in [0.29, 0.717) is 6.04 Å². The molecule has 0 spiro atoms. The van der Waals surface area contributed by atoms with Crippen molar-refractivity contribution in [3.63, 3.8) is 0 Å². The number of aliphatic carboxylic acids is 1. The highest BCUT2D eigenvalue weighted by Crippen LogP contribution is 2.37. The summed E-state index contributed by atoms with van der Waals surface area (Å²) >= 11 is 1.66. The van der Waals surface area contributed by atoms with Gasteiger partial charge in [-0.1, -0.05) is 33.1 Å². The number of aryl methyl sites for hydroxylation is 1. The van der Waals surface area contributed by atoms with E-state index in [1.165, 1.54) is 17.7 Å². The van der Waals surface area contributed by atoms with E-state index in [2.05, 4.69) is 24.1 Å². The van der Waals surface area contributed by atoms with Crippen LogP contribution >= 0.6 is 11.3 Å². The molecule has 0 amide bonds. The first-order chi connectivity index (χ1) is 10.2. The van der Waals surface area contributed by atoms with E-state index in [4.69, 9.17) is 0 Å². The first-order valence-corrected chi connectivity index (χ1v) is 8.96. The van der Waals surface area contributed by atoms with Gasteiger partial charge in [-0.25, -0.2) is 4.98 Å². The molecule has 0 saturated heterocycles. The second-order valence-corrected chi connectivity index (χ2v) is 6.97. The van der Waals surface area contributed by atoms with Crippen molar-refractivity contribution in [2.45, 2.75) is 77.2 Å². The number of hydrogen-bond donors (Lipinski definition) is 2. The Labute approximate surface area is 131 Å². The second-order valence-electron chi connectivity index (χ2n) is 5.88. The number of fused-ring (bicyclic) bond motifs is 1. The number of nitrogens with zero attached hydrogens (tertiary/aromatic N) is 1. The van der Waals surface area contributed by atoms with Crippen molar-refractivity contribution in [2.24, 2.45) is 0 Å². The Hall–Kier alpha value is -1.10. The molecule has 0 bridgehead atoms. The monoisotopic (exact) mass is 310 g/mol. The largest absolute Gasteiger partial charge is 0.481 e. The Bertz CT molecular complexity index is 473. The molecule has 1 aromatic heterocycles. The third-order valence-electron chi connectivity index (χ3n) is 4.12. The molecule has 5 heteroatoms. The van der Waals surface area contributed by atoms with E-state index in [1.54, 1.807) is 11.3 Å². The van der Waals surface area contributed by atoms with Crippen molar-refractivity contribution in [1.82, 2.24) is 4.98 Å². The van der Waals surface area contributed by atoms with Crippen molar-refractivity contribution >= 4 is 22.4 Å². The molecule has 2 atom stereocenters. The lowest BCUT2D eigenvalue weighted by molar-refractivity contribution is -0.139. The summed E-state index contributed by atoms with van der Waals surface area (Å²) in [5.41, 5.74) is 0.812. The molecule has 0 aliphatic heterocycles. The Morgan fingerprint density at radius 1 is 1.43 bits per heavy atom. The number of carboxylic acid groups (broad SMARTS) is 1. The van der Waals surface area contributed by atoms with Gasteiger partial charge in [-0.3, -0.25) is 4.79 Å². The van der Waals surface area contributed by atoms with E-state index >= 15 is 0 Å². The lowest BCUT2D eigenvalue weighted by Gasteiger charge is -2.17. The van der Waals surface area contributed by atoms with Crippen LogP contribution in [0, 0.1) is 0 Å². The zero-order valence-corrected chi connectivity index (χ0v) is 13.8. The minimum atomic E-state index is -0.733. The van der Waals surface area contributed by atoms with Crippen LogP contribution in [0.2, 0.25) is 0 Å². The molecule has 2 rings (SSSR count). The van der Waals surface area contributed by atoms with E-state index < -0.39 is 11.9 Å². The van der Waals surface area contributed by atoms with E-state index in [-0.39, 0.29) is 0 Å². The molecule has 0 saturated carbocycles. The first kappa shape index (κ1) is 16.3. The fraction of sp³-hybridized carbons (Fsp3) is 0.750. The zero-order valence-electron chi connectivity index (χ0n) is 13.0. The van der Waals surface area contributed by atoms with Gasteiger partial charge in [0, 0.05) is 10.9 Å². The number of carboxylic acids is 1. The van der Waals surface area contributed by atoms with Crippen molar-refractivity contribution in [1.29, 1.82) is 0 Å². The number of hydrogen-bond acceptors (Lipinski definition) is 4. The summed E-state index contributed by atoms with van der Waals surface area (Å²) in [5, 5.41) is 13.8. The fourth-order valence-corrected chi connectivity index (χ4v) is 4.12. The molecular weight excluding hydrogens is 284 g/mol. The normalized spacial score (nSPS) is 19.0. The van der Waals surface area contributed by atoms with Crippen molar-refractivity contribution in [3.05, 3.63) is 10.6 Å². The minimum absolute atomic E-state index is 0.402. The SMILES string of the molecule is CCCCC(CCC)Nc1nc2c(s1)CCCC2C(=O)O. The van der Waals surface area contributed by atoms with Crippen LogP contribution in [0.5, 0.6) is 0 Å². The average molecular weight is 310 g/mol. The topological polar surface area (TPSA) is 62.2 Å². The quantitative estimate of drug-likeness (QED) is 0.746. The number of thiazole rings is 1. The van der Waals surface area contributed by atoms with Gasteiger partial charge in [0.25, 0.3) is 0 Å². The van der Waals surface area contributed by atoms with Crippen LogP contribution in [0.25, 0.3) is 0 Å². The van der Waals surface area contributed by atoms with Gasteiger partial charge in [0.1, 0.15) is 5.92 Å². The molecule has 4 nitrogen and oxygen atoms in total. The molecule has 118 valence electrons. The van der Waals surface area contributed by atoms with Crippen molar-refractivity contribution < 1.29 is 9.90 Å². The van der Waals surface area contributed by atoms with Gasteiger partial charge >= 0.3 is 5.97 Å². The summed E-state index contributed by atoms with van der Waals surface area (Å²) in [6.45, 7) is 4.41. The van der Waals surface area contributed by atoms with Gasteiger partial charge in [0.05, 0.1) is 5.69 Å². The lowest BCUT2D eigenvalue weighted by atomic mass is 9.91. The molecule has 21 heavy (non-hydrogen) atoms. The van der Waals surface area contributed by atoms with Crippen LogP contribution in [-0.4, -0.2) is 22.1 Å². The van der Waals surface area contributed by atoms with Gasteiger partial charge < -0.3 is 10.4 Å². The Balaban J connectivity index is 2.08. The van der Waals surface area contributed by atoms with E-state index in [0.717, 1.165) is 49.4 Å². The van der Waals surface area contributed by atoms with Gasteiger partial charge in [0.15, 0.2) is 5.13 Å². The van der Waals surface area contributed by atoms with Crippen LogP contribution in [0.4, 0.5) is 5.13 Å². The summed E-state index contributed by atoms with van der Waals surface area (Å²) in [4.78, 5) is 17.1. The molecule has 1 aliphatic carbocycles. The number of anilines is 1. The van der Waals surface area contributed by atoms with E-state index in [1.807, 2.05) is 0 Å². The third kappa shape index (κ3) is 4.19. The number of aromatic nitrogens is 1. The van der Waals surface area contributed by atoms with Crippen LogP contribution in [0.1, 0.15) is 75.3 Å². The molecule has 0 fully saturated rings. The highest BCUT2D eigenvalue weighted by molar-refractivity contribution is 7.15. The number of nitrogens with one attached hydrogen (secondary N) is 1. The highest BCUT2D eigenvalue weighted by Gasteiger charge is 2.30. The Morgan fingerprint density at radius 3 is 2.90 bits per heavy atom. The third-order valence-corrected chi connectivity index (χ3v) is 5.19. The highest BCUT2D eigenvalue weighted by atomic mass is 32.1. The van der Waals surface area contributed by atoms with Gasteiger partial charge in [0.2, 0.25) is 0 Å². The number of unbranched alkanes of at least 4 members (excludes halogenated alkanes) is 1. The maximum Gasteiger partial charge on any atom is 0.312 e. The van der Waals surface area contributed by atoms with Crippen LogP contribution in [0.15, 0.2) is 0 Å². The predicted molar refractivity (Wildman–Crippen MR) is 87.3 cm³/mol. The minimum Gasteiger partial charge on any atom is -0.481 e. The van der Waals surface area contributed by atoms with Crippen molar-refractivity contribution in [2.75, 3.05) is 5.32 Å². The average Bonchev–Trinajstić information content (AvgIpc) is 2.86. The van der Waals surface area contributed by atoms with Gasteiger partial charge in [-0.05, 0) is 32.1 Å². The number of rotatable bonds is 8. The first-order valence-electron chi connectivity index (χ1n) is 8.14. The van der Waals surface area contributed by atoms with Crippen LogP contribution < -0.4 is 5.32 Å². The summed E-state index contributed by atoms with van der Waals surface area (Å²) in [7, 11) is 0. The second kappa shape index (κ2) is 7.78. The van der Waals surface area contributed by atoms with Crippen LogP contribution in [0.3, 0.4) is 0 Å². The van der Waals surface area contributed by atoms with Crippen LogP contribution in [-0.2, 0) is 11.2 Å². The molecule has 1 heterocycles. The summed E-state index contributed by atoms with van der Waals surface area (Å²) < 4.78 is 0. The maximum atomic E-state index is 11.3. The lowest BCUT2D eigenvalue weighted by Crippen LogP contribution is -2.20. The standard InChI is InChI=1S/C16H26N2O2S/c1-3-5-8-11(7-4-2)17-16-18-14-12(15(19)20)9-6-10-13(14)21-16/h11-12H,3-10H2,1-2H3,(H,17,18)(H,19,20). The molecule has 2 unspecified atom stereocenters. The van der Waals surface area contributed by atoms with Gasteiger partial charge in [-0.15, -0.1) is 11.3 Å². The maximum absolute atomic E-state index is 11.3.